The molecule has 5 nitrogen and oxygen atoms in total. The van der Waals surface area contributed by atoms with Crippen LogP contribution in [0.5, 0.6) is 0 Å². The number of carbonyl (C=O) groups excluding carboxylic acids is 1. The van der Waals surface area contributed by atoms with Crippen LogP contribution < -0.4 is 10.0 Å². The molecule has 1 fully saturated rings. The Hall–Kier alpha value is -1.40. The van der Waals surface area contributed by atoms with Crippen molar-refractivity contribution in [3.63, 3.8) is 0 Å². The van der Waals surface area contributed by atoms with E-state index in [1.807, 2.05) is 13.8 Å². The summed E-state index contributed by atoms with van der Waals surface area (Å²) >= 11 is 0. The van der Waals surface area contributed by atoms with E-state index in [-0.39, 0.29) is 22.9 Å². The number of hydrogen-bond donors (Lipinski definition) is 2. The predicted molar refractivity (Wildman–Crippen MR) is 95.4 cm³/mol. The lowest BCUT2D eigenvalue weighted by atomic mass is 9.87. The van der Waals surface area contributed by atoms with Gasteiger partial charge in [-0.15, -0.1) is 0 Å². The van der Waals surface area contributed by atoms with Crippen LogP contribution in [0.3, 0.4) is 0 Å². The van der Waals surface area contributed by atoms with Crippen molar-refractivity contribution in [3.8, 4) is 0 Å². The van der Waals surface area contributed by atoms with E-state index in [9.17, 15) is 13.2 Å². The lowest BCUT2D eigenvalue weighted by Gasteiger charge is -2.27. The highest BCUT2D eigenvalue weighted by Gasteiger charge is 2.21. The van der Waals surface area contributed by atoms with E-state index in [0.29, 0.717) is 11.5 Å². The molecule has 0 aromatic heterocycles. The monoisotopic (exact) mass is 352 g/mol. The second-order valence-corrected chi connectivity index (χ2v) is 8.61. The molecule has 1 amide bonds. The molecule has 0 spiro atoms. The van der Waals surface area contributed by atoms with E-state index in [1.165, 1.54) is 18.6 Å². The van der Waals surface area contributed by atoms with E-state index in [4.69, 9.17) is 0 Å². The van der Waals surface area contributed by atoms with E-state index < -0.39 is 10.0 Å². The van der Waals surface area contributed by atoms with Crippen molar-refractivity contribution in [1.29, 1.82) is 0 Å². The van der Waals surface area contributed by atoms with E-state index in [0.717, 1.165) is 25.7 Å². The Kier molecular flexibility index (Phi) is 6.40. The molecule has 0 bridgehead atoms. The molecule has 1 saturated carbocycles. The average Bonchev–Trinajstić information content (AvgIpc) is 2.54. The molecule has 1 aromatic carbocycles. The maximum Gasteiger partial charge on any atom is 0.251 e. The molecule has 0 unspecified atom stereocenters. The first-order valence-corrected chi connectivity index (χ1v) is 10.2. The lowest BCUT2D eigenvalue weighted by Crippen LogP contribution is -2.38. The number of nitrogens with one attached hydrogen (secondary N) is 2. The van der Waals surface area contributed by atoms with Gasteiger partial charge in [-0.3, -0.25) is 4.79 Å². The van der Waals surface area contributed by atoms with Gasteiger partial charge >= 0.3 is 0 Å². The third-order valence-corrected chi connectivity index (χ3v) is 6.27. The molecular weight excluding hydrogens is 324 g/mol. The van der Waals surface area contributed by atoms with E-state index >= 15 is 0 Å². The molecule has 2 rings (SSSR count). The summed E-state index contributed by atoms with van der Waals surface area (Å²) in [6.07, 6.45) is 5.12. The van der Waals surface area contributed by atoms with Gasteiger partial charge in [0.2, 0.25) is 10.0 Å². The normalized spacial score (nSPS) is 22.8. The molecule has 1 aliphatic carbocycles. The average molecular weight is 353 g/mol. The van der Waals surface area contributed by atoms with E-state index in [2.05, 4.69) is 17.0 Å². The Bertz CT molecular complexity index is 655. The van der Waals surface area contributed by atoms with Crippen LogP contribution in [0.4, 0.5) is 0 Å². The minimum Gasteiger partial charge on any atom is -0.349 e. The summed E-state index contributed by atoms with van der Waals surface area (Å²) in [4.78, 5) is 12.5. The number of hydrogen-bond acceptors (Lipinski definition) is 3. The molecule has 24 heavy (non-hydrogen) atoms. The zero-order chi connectivity index (χ0) is 17.7. The number of carbonyl (C=O) groups is 1. The van der Waals surface area contributed by atoms with Gasteiger partial charge in [0.05, 0.1) is 4.90 Å². The molecule has 0 heterocycles. The summed E-state index contributed by atoms with van der Waals surface area (Å²) in [6, 6.07) is 6.23. The number of benzene rings is 1. The van der Waals surface area contributed by atoms with Gasteiger partial charge in [0, 0.05) is 17.6 Å². The molecule has 6 heteroatoms. The van der Waals surface area contributed by atoms with Gasteiger partial charge in [-0.1, -0.05) is 26.7 Å². The summed E-state index contributed by atoms with van der Waals surface area (Å²) in [5.74, 6) is 0.510. The summed E-state index contributed by atoms with van der Waals surface area (Å²) in [7, 11) is -3.53. The second-order valence-electron chi connectivity index (χ2n) is 6.90. The van der Waals surface area contributed by atoms with Gasteiger partial charge in [-0.2, -0.15) is 0 Å². The SMILES string of the molecule is CC[C@H](C)NS(=O)(=O)c1ccc(C(=O)N[C@@H]2CCC[C@H](C)C2)cc1. The van der Waals surface area contributed by atoms with Crippen molar-refractivity contribution in [2.24, 2.45) is 5.92 Å². The minimum absolute atomic E-state index is 0.119. The van der Waals surface area contributed by atoms with Crippen LogP contribution in [0.25, 0.3) is 0 Å². The third-order valence-electron chi connectivity index (χ3n) is 4.67. The zero-order valence-electron chi connectivity index (χ0n) is 14.7. The number of rotatable bonds is 6. The van der Waals surface area contributed by atoms with Crippen molar-refractivity contribution in [3.05, 3.63) is 29.8 Å². The van der Waals surface area contributed by atoms with Crippen LogP contribution in [0.2, 0.25) is 0 Å². The molecule has 1 aromatic rings. The van der Waals surface area contributed by atoms with Gasteiger partial charge in [0.1, 0.15) is 0 Å². The van der Waals surface area contributed by atoms with Gasteiger partial charge in [0.25, 0.3) is 5.91 Å². The Morgan fingerprint density at radius 1 is 1.25 bits per heavy atom. The standard InChI is InChI=1S/C18H28N2O3S/c1-4-14(3)20-24(22,23)17-10-8-15(9-11-17)18(21)19-16-7-5-6-13(2)12-16/h8-11,13-14,16,20H,4-7,12H2,1-3H3,(H,19,21)/t13-,14-,16+/m0/s1. The number of sulfonamides is 1. The molecule has 0 radical (unpaired) electrons. The van der Waals surface area contributed by atoms with Crippen molar-refractivity contribution in [2.45, 2.75) is 69.9 Å². The van der Waals surface area contributed by atoms with Crippen molar-refractivity contribution in [2.75, 3.05) is 0 Å². The summed E-state index contributed by atoms with van der Waals surface area (Å²) in [5.41, 5.74) is 0.496. The van der Waals surface area contributed by atoms with Crippen molar-refractivity contribution in [1.82, 2.24) is 10.0 Å². The fourth-order valence-corrected chi connectivity index (χ4v) is 4.36. The molecule has 134 valence electrons. The lowest BCUT2D eigenvalue weighted by molar-refractivity contribution is 0.0921. The van der Waals surface area contributed by atoms with Gasteiger partial charge in [-0.05, 0) is 56.4 Å². The maximum absolute atomic E-state index is 12.3. The molecule has 0 saturated heterocycles. The van der Waals surface area contributed by atoms with Crippen molar-refractivity contribution < 1.29 is 13.2 Å². The topological polar surface area (TPSA) is 75.3 Å². The smallest absolute Gasteiger partial charge is 0.251 e. The first kappa shape index (κ1) is 18.9. The molecule has 0 aliphatic heterocycles. The van der Waals surface area contributed by atoms with Gasteiger partial charge in [0.15, 0.2) is 0 Å². The van der Waals surface area contributed by atoms with Crippen LogP contribution in [0.15, 0.2) is 29.2 Å². The van der Waals surface area contributed by atoms with Gasteiger partial charge < -0.3 is 5.32 Å². The fourth-order valence-electron chi connectivity index (χ4n) is 3.04. The fraction of sp³-hybridized carbons (Fsp3) is 0.611. The highest BCUT2D eigenvalue weighted by molar-refractivity contribution is 7.89. The molecule has 2 N–H and O–H groups in total. The summed E-state index contributed by atoms with van der Waals surface area (Å²) in [6.45, 7) is 5.96. The zero-order valence-corrected chi connectivity index (χ0v) is 15.5. The quantitative estimate of drug-likeness (QED) is 0.826. The maximum atomic E-state index is 12.3. The van der Waals surface area contributed by atoms with Crippen LogP contribution >= 0.6 is 0 Å². The summed E-state index contributed by atoms with van der Waals surface area (Å²) < 4.78 is 27.1. The highest BCUT2D eigenvalue weighted by atomic mass is 32.2. The first-order valence-electron chi connectivity index (χ1n) is 8.75. The molecular formula is C18H28N2O3S. The summed E-state index contributed by atoms with van der Waals surface area (Å²) in [5, 5.41) is 3.06. The van der Waals surface area contributed by atoms with Crippen LogP contribution in [-0.2, 0) is 10.0 Å². The number of amides is 1. The Labute approximate surface area is 145 Å². The Morgan fingerprint density at radius 3 is 2.50 bits per heavy atom. The Balaban J connectivity index is 2.02. The van der Waals surface area contributed by atoms with Crippen LogP contribution in [0, 0.1) is 5.92 Å². The Morgan fingerprint density at radius 2 is 1.92 bits per heavy atom. The van der Waals surface area contributed by atoms with Gasteiger partial charge in [-0.25, -0.2) is 13.1 Å². The predicted octanol–water partition coefficient (Wildman–Crippen LogP) is 3.07. The molecule has 1 aliphatic rings. The van der Waals surface area contributed by atoms with E-state index in [1.54, 1.807) is 12.1 Å². The first-order chi connectivity index (χ1) is 11.3. The van der Waals surface area contributed by atoms with Crippen molar-refractivity contribution >= 4 is 15.9 Å². The van der Waals surface area contributed by atoms with Crippen LogP contribution in [-0.4, -0.2) is 26.4 Å². The highest BCUT2D eigenvalue weighted by Crippen LogP contribution is 2.23. The third kappa shape index (κ3) is 5.05. The van der Waals surface area contributed by atoms with Crippen LogP contribution in [0.1, 0.15) is 63.2 Å². The largest absolute Gasteiger partial charge is 0.349 e. The second kappa shape index (κ2) is 8.12. The minimum atomic E-state index is -3.53. The molecule has 3 atom stereocenters.